The van der Waals surface area contributed by atoms with Crippen molar-refractivity contribution in [3.05, 3.63) is 155 Å². The van der Waals surface area contributed by atoms with Crippen LogP contribution in [0, 0.1) is 0 Å². The third-order valence-electron chi connectivity index (χ3n) is 9.72. The van der Waals surface area contributed by atoms with Gasteiger partial charge in [-0.3, -0.25) is 9.69 Å². The molecule has 2 atom stereocenters. The van der Waals surface area contributed by atoms with Gasteiger partial charge in [0.2, 0.25) is 5.91 Å². The van der Waals surface area contributed by atoms with Crippen LogP contribution in [0.15, 0.2) is 122 Å². The van der Waals surface area contributed by atoms with Crippen LogP contribution >= 0.6 is 0 Å². The average Bonchev–Trinajstić information content (AvgIpc) is 3.12. The summed E-state index contributed by atoms with van der Waals surface area (Å²) in [4.78, 5) is 13.7. The number of benzene rings is 4. The van der Waals surface area contributed by atoms with Gasteiger partial charge >= 0.3 is 0 Å². The Balaban J connectivity index is 1.19. The molecule has 0 radical (unpaired) electrons. The van der Waals surface area contributed by atoms with E-state index in [2.05, 4.69) is 95.6 Å². The summed E-state index contributed by atoms with van der Waals surface area (Å²) in [6.45, 7) is 4.24. The zero-order valence-corrected chi connectivity index (χ0v) is 27.0. The van der Waals surface area contributed by atoms with Gasteiger partial charge in [0.05, 0.1) is 5.41 Å². The molecule has 1 saturated carbocycles. The van der Waals surface area contributed by atoms with E-state index in [-0.39, 0.29) is 5.91 Å². The van der Waals surface area contributed by atoms with E-state index >= 15 is 0 Å². The zero-order chi connectivity index (χ0) is 32.1. The van der Waals surface area contributed by atoms with Crippen molar-refractivity contribution in [1.29, 1.82) is 0 Å². The van der Waals surface area contributed by atoms with E-state index in [0.29, 0.717) is 25.3 Å². The van der Waals surface area contributed by atoms with Crippen LogP contribution in [0.3, 0.4) is 0 Å². The number of nitrogens with one attached hydrogen (secondary N) is 2. The van der Waals surface area contributed by atoms with Crippen molar-refractivity contribution >= 4 is 5.91 Å². The van der Waals surface area contributed by atoms with Crippen molar-refractivity contribution in [3.8, 4) is 11.5 Å². The van der Waals surface area contributed by atoms with Crippen LogP contribution < -0.4 is 20.1 Å². The number of rotatable bonds is 0. The number of fused-ring (bicyclic) bond motifs is 2. The third-order valence-corrected chi connectivity index (χ3v) is 9.72. The molecule has 6 nitrogen and oxygen atoms in total. The van der Waals surface area contributed by atoms with Gasteiger partial charge in [0, 0.05) is 44.5 Å². The van der Waals surface area contributed by atoms with E-state index in [1.54, 1.807) is 11.8 Å². The first kappa shape index (κ1) is 31.0. The number of amides is 1. The fourth-order valence-electron chi connectivity index (χ4n) is 7.03. The van der Waals surface area contributed by atoms with E-state index in [4.69, 9.17) is 9.47 Å². The molecule has 1 fully saturated rings. The molecular formula is C41H43N3O3. The number of ether oxygens (including phenoxy) is 2. The van der Waals surface area contributed by atoms with Crippen LogP contribution in [0.5, 0.6) is 11.5 Å². The Hall–Kier alpha value is -4.65. The van der Waals surface area contributed by atoms with Gasteiger partial charge < -0.3 is 20.1 Å². The van der Waals surface area contributed by atoms with Crippen molar-refractivity contribution in [1.82, 2.24) is 15.5 Å². The highest BCUT2D eigenvalue weighted by Gasteiger charge is 2.32. The largest absolute Gasteiger partial charge is 0.489 e. The second-order valence-corrected chi connectivity index (χ2v) is 13.0. The van der Waals surface area contributed by atoms with E-state index < -0.39 is 5.41 Å². The molecule has 0 aromatic heterocycles. The molecule has 0 saturated heterocycles. The first-order chi connectivity index (χ1) is 23.0. The van der Waals surface area contributed by atoms with Crippen molar-refractivity contribution in [3.63, 3.8) is 0 Å². The maximum Gasteiger partial charge on any atom is 0.227 e. The molecule has 5 aliphatic rings. The lowest BCUT2D eigenvalue weighted by atomic mass is 9.73. The molecule has 4 heterocycles. The molecule has 240 valence electrons. The van der Waals surface area contributed by atoms with Gasteiger partial charge in [0.15, 0.2) is 0 Å². The molecule has 1 spiro atoms. The molecule has 4 aliphatic heterocycles. The molecule has 2 N–H and O–H groups in total. The average molecular weight is 626 g/mol. The second-order valence-electron chi connectivity index (χ2n) is 13.0. The first-order valence-electron chi connectivity index (χ1n) is 16.8. The van der Waals surface area contributed by atoms with Crippen LogP contribution in [-0.2, 0) is 36.5 Å². The predicted octanol–water partition coefficient (Wildman–Crippen LogP) is 7.52. The Morgan fingerprint density at radius 2 is 1.11 bits per heavy atom. The quantitative estimate of drug-likeness (QED) is 0.212. The summed E-state index contributed by atoms with van der Waals surface area (Å²) in [6.07, 6.45) is 12.8. The van der Waals surface area contributed by atoms with Crippen LogP contribution in [0.4, 0.5) is 0 Å². The molecule has 2 unspecified atom stereocenters. The smallest absolute Gasteiger partial charge is 0.227 e. The molecule has 8 bridgehead atoms. The van der Waals surface area contributed by atoms with Crippen molar-refractivity contribution in [2.45, 2.75) is 76.4 Å². The molecule has 6 heteroatoms. The summed E-state index contributed by atoms with van der Waals surface area (Å²) in [5, 5.41) is 7.74. The lowest BCUT2D eigenvalue weighted by molar-refractivity contribution is -0.124. The Bertz CT molecular complexity index is 1620. The summed E-state index contributed by atoms with van der Waals surface area (Å²) >= 11 is 0. The third kappa shape index (κ3) is 7.19. The zero-order valence-electron chi connectivity index (χ0n) is 27.0. The summed E-state index contributed by atoms with van der Waals surface area (Å²) in [7, 11) is 0. The highest BCUT2D eigenvalue weighted by molar-refractivity contribution is 5.76. The monoisotopic (exact) mass is 625 g/mol. The highest BCUT2D eigenvalue weighted by Crippen LogP contribution is 2.39. The summed E-state index contributed by atoms with van der Waals surface area (Å²) in [6, 6.07) is 34.9. The Morgan fingerprint density at radius 3 is 1.55 bits per heavy atom. The summed E-state index contributed by atoms with van der Waals surface area (Å²) in [5.74, 6) is 1.60. The van der Waals surface area contributed by atoms with Gasteiger partial charge in [-0.25, -0.2) is 0 Å². The minimum Gasteiger partial charge on any atom is -0.489 e. The fraction of sp³-hybridized carbons (Fsp3) is 0.293. The van der Waals surface area contributed by atoms with Gasteiger partial charge in [-0.15, -0.1) is 0 Å². The summed E-state index contributed by atoms with van der Waals surface area (Å²) < 4.78 is 12.5. The Kier molecular flexibility index (Phi) is 9.23. The van der Waals surface area contributed by atoms with Gasteiger partial charge in [-0.2, -0.15) is 0 Å². The van der Waals surface area contributed by atoms with Gasteiger partial charge in [-0.05, 0) is 82.6 Å². The van der Waals surface area contributed by atoms with Crippen molar-refractivity contribution in [2.75, 3.05) is 0 Å². The van der Waals surface area contributed by atoms with Crippen LogP contribution in [0.25, 0.3) is 0 Å². The normalized spacial score (nSPS) is 20.8. The molecule has 1 aliphatic carbocycles. The minimum absolute atomic E-state index is 0.0294. The minimum atomic E-state index is -0.547. The van der Waals surface area contributed by atoms with E-state index in [1.807, 2.05) is 36.7 Å². The van der Waals surface area contributed by atoms with Gasteiger partial charge in [0.25, 0.3) is 0 Å². The molecular weight excluding hydrogens is 582 g/mol. The van der Waals surface area contributed by atoms with Crippen molar-refractivity contribution in [2.24, 2.45) is 0 Å². The second kappa shape index (κ2) is 14.0. The van der Waals surface area contributed by atoms with E-state index in [1.165, 1.54) is 36.8 Å². The molecule has 4 aromatic rings. The molecule has 1 amide bonds. The van der Waals surface area contributed by atoms with E-state index in [9.17, 15) is 4.79 Å². The van der Waals surface area contributed by atoms with E-state index in [0.717, 1.165) is 46.8 Å². The Morgan fingerprint density at radius 1 is 0.660 bits per heavy atom. The molecule has 4 aromatic carbocycles. The number of carbonyl (C=O) groups is 1. The number of hydrogen-bond donors (Lipinski definition) is 2. The first-order valence-corrected chi connectivity index (χ1v) is 16.8. The number of nitrogens with zero attached hydrogens (tertiary/aromatic N) is 1. The molecule has 47 heavy (non-hydrogen) atoms. The van der Waals surface area contributed by atoms with Crippen LogP contribution in [-0.4, -0.2) is 22.9 Å². The molecule has 9 rings (SSSR count). The standard InChI is InChI=1S/C41H43N3O3/c1-30(45)44-22-20-41(21-23-44)35-12-16-37(17-13-35)46-28-33-8-4-6-31(24-33)26-42-39-10-2-3-11-40(39)43-27-32-7-5-9-34(25-32)29-47-38-18-14-36(41)15-19-38/h4-9,12-25,39-40,42-43H,2-3,10-11,26-29H2,1H3. The summed E-state index contributed by atoms with van der Waals surface area (Å²) in [5.41, 5.74) is 6.46. The number of allylic oxidation sites excluding steroid dienone is 2. The Labute approximate surface area is 278 Å². The topological polar surface area (TPSA) is 62.8 Å². The lowest BCUT2D eigenvalue weighted by Gasteiger charge is -2.33. The SMILES string of the molecule is CC(=O)N1C=CC2(C=C1)c1ccc(cc1)OCc1cccc(c1)CNC1CCCCC1NCc1cccc(c1)COc1ccc2cc1. The predicted molar refractivity (Wildman–Crippen MR) is 186 cm³/mol. The van der Waals surface area contributed by atoms with Gasteiger partial charge in [-0.1, -0.05) is 85.6 Å². The van der Waals surface area contributed by atoms with Crippen molar-refractivity contribution < 1.29 is 14.3 Å². The maximum atomic E-state index is 12.1. The fourth-order valence-corrected chi connectivity index (χ4v) is 7.03. The maximum absolute atomic E-state index is 12.1. The van der Waals surface area contributed by atoms with Crippen LogP contribution in [0.2, 0.25) is 0 Å². The lowest BCUT2D eigenvalue weighted by Crippen LogP contribution is -2.49. The van der Waals surface area contributed by atoms with Crippen LogP contribution in [0.1, 0.15) is 66.0 Å². The number of hydrogen-bond acceptors (Lipinski definition) is 5. The number of carbonyl (C=O) groups excluding carboxylic acids is 1. The highest BCUT2D eigenvalue weighted by atomic mass is 16.5. The van der Waals surface area contributed by atoms with Gasteiger partial charge in [0.1, 0.15) is 24.7 Å².